The largest absolute Gasteiger partial charge is 0.465 e. The van der Waals surface area contributed by atoms with Gasteiger partial charge in [-0.1, -0.05) is 11.6 Å². The highest BCUT2D eigenvalue weighted by Gasteiger charge is 2.19. The first-order valence-electron chi connectivity index (χ1n) is 8.60. The minimum absolute atomic E-state index is 0.0260. The van der Waals surface area contributed by atoms with Crippen LogP contribution in [0.4, 0.5) is 5.69 Å². The summed E-state index contributed by atoms with van der Waals surface area (Å²) in [4.78, 5) is 41.2. The van der Waals surface area contributed by atoms with Gasteiger partial charge in [0.15, 0.2) is 10.8 Å². The van der Waals surface area contributed by atoms with E-state index >= 15 is 0 Å². The number of hydrogen-bond acceptors (Lipinski definition) is 7. The molecule has 0 saturated carbocycles. The second-order valence-electron chi connectivity index (χ2n) is 6.02. The van der Waals surface area contributed by atoms with E-state index in [1.165, 1.54) is 43.7 Å². The number of aromatic nitrogens is 2. The normalized spacial score (nSPS) is 15.2. The van der Waals surface area contributed by atoms with Crippen LogP contribution in [0.1, 0.15) is 37.6 Å². The molecule has 0 aliphatic carbocycles. The number of amides is 2. The maximum Gasteiger partial charge on any atom is 0.337 e. The van der Waals surface area contributed by atoms with Crippen molar-refractivity contribution in [3.05, 3.63) is 64.2 Å². The first-order valence-corrected chi connectivity index (χ1v) is 9.41. The third kappa shape index (κ3) is 5.19. The van der Waals surface area contributed by atoms with Gasteiger partial charge in [0, 0.05) is 6.21 Å². The number of esters is 1. The van der Waals surface area contributed by atoms with E-state index in [4.69, 9.17) is 27.9 Å². The highest BCUT2D eigenvalue weighted by Crippen LogP contribution is 2.21. The fourth-order valence-corrected chi connectivity index (χ4v) is 2.73. The number of alkyl halides is 1. The number of benzene rings is 1. The first kappa shape index (κ1) is 21.4. The Labute approximate surface area is 181 Å². The number of nitrogens with zero attached hydrogens (tertiary/aromatic N) is 3. The van der Waals surface area contributed by atoms with Gasteiger partial charge in [0.1, 0.15) is 5.82 Å². The minimum atomic E-state index is -0.643. The van der Waals surface area contributed by atoms with Crippen LogP contribution in [-0.4, -0.2) is 46.7 Å². The van der Waals surface area contributed by atoms with Crippen molar-refractivity contribution in [1.82, 2.24) is 15.5 Å². The molecule has 154 valence electrons. The zero-order chi connectivity index (χ0) is 21.7. The van der Waals surface area contributed by atoms with Crippen molar-refractivity contribution in [2.24, 2.45) is 4.99 Å². The number of nitrogens with one attached hydrogen (secondary N) is 2. The van der Waals surface area contributed by atoms with Crippen molar-refractivity contribution in [2.75, 3.05) is 12.4 Å². The summed E-state index contributed by atoms with van der Waals surface area (Å²) < 4.78 is 4.70. The van der Waals surface area contributed by atoms with Crippen molar-refractivity contribution in [3.63, 3.8) is 0 Å². The zero-order valence-corrected chi connectivity index (χ0v) is 17.1. The Morgan fingerprint density at radius 3 is 2.53 bits per heavy atom. The summed E-state index contributed by atoms with van der Waals surface area (Å²) in [6, 6.07) is 6.90. The van der Waals surface area contributed by atoms with Crippen LogP contribution in [0.5, 0.6) is 0 Å². The van der Waals surface area contributed by atoms with E-state index in [-0.39, 0.29) is 33.0 Å². The number of halogens is 2. The van der Waals surface area contributed by atoms with Crippen LogP contribution in [0.25, 0.3) is 0 Å². The molecule has 3 rings (SSSR count). The summed E-state index contributed by atoms with van der Waals surface area (Å²) in [5.41, 5.74) is 0.295. The van der Waals surface area contributed by atoms with Gasteiger partial charge in [-0.2, -0.15) is 0 Å². The summed E-state index contributed by atoms with van der Waals surface area (Å²) in [6.45, 7) is 0. The highest BCUT2D eigenvalue weighted by molar-refractivity contribution is 6.29. The second kappa shape index (κ2) is 9.47. The third-order valence-electron chi connectivity index (χ3n) is 3.95. The van der Waals surface area contributed by atoms with Crippen molar-refractivity contribution in [2.45, 2.75) is 11.8 Å². The Morgan fingerprint density at radius 1 is 1.10 bits per heavy atom. The summed E-state index contributed by atoms with van der Waals surface area (Å²) in [5, 5.41) is 12.4. The molecule has 1 aliphatic rings. The maximum absolute atomic E-state index is 12.8. The van der Waals surface area contributed by atoms with Gasteiger partial charge in [-0.15, -0.1) is 21.8 Å². The van der Waals surface area contributed by atoms with Crippen LogP contribution >= 0.6 is 23.2 Å². The minimum Gasteiger partial charge on any atom is -0.465 e. The van der Waals surface area contributed by atoms with Gasteiger partial charge in [0.2, 0.25) is 0 Å². The molecule has 2 aromatic rings. The predicted octanol–water partition coefficient (Wildman–Crippen LogP) is 2.82. The van der Waals surface area contributed by atoms with E-state index in [0.717, 1.165) is 0 Å². The quantitative estimate of drug-likeness (QED) is 0.536. The molecule has 0 bridgehead atoms. The number of aliphatic imine (C=N–C) groups is 1. The fraction of sp³-hybridized carbons (Fsp3) is 0.158. The number of allylic oxidation sites excluding steroid dienone is 1. The Morgan fingerprint density at radius 2 is 1.90 bits per heavy atom. The smallest absolute Gasteiger partial charge is 0.337 e. The van der Waals surface area contributed by atoms with Crippen LogP contribution in [0.15, 0.2) is 47.2 Å². The molecule has 1 atom stereocenters. The molecular formula is C19H15Cl2N5O4. The molecule has 0 radical (unpaired) electrons. The van der Waals surface area contributed by atoms with Gasteiger partial charge in [-0.3, -0.25) is 9.59 Å². The average molecular weight is 448 g/mol. The van der Waals surface area contributed by atoms with E-state index in [9.17, 15) is 14.4 Å². The van der Waals surface area contributed by atoms with Crippen molar-refractivity contribution < 1.29 is 19.1 Å². The Hall–Kier alpha value is -3.30. The van der Waals surface area contributed by atoms with Crippen LogP contribution in [0.3, 0.4) is 0 Å². The van der Waals surface area contributed by atoms with Gasteiger partial charge in [0.25, 0.3) is 11.8 Å². The third-order valence-corrected chi connectivity index (χ3v) is 4.44. The lowest BCUT2D eigenvalue weighted by atomic mass is 10.1. The second-order valence-corrected chi connectivity index (χ2v) is 6.97. The van der Waals surface area contributed by atoms with Gasteiger partial charge < -0.3 is 15.4 Å². The lowest BCUT2D eigenvalue weighted by Crippen LogP contribution is -2.26. The molecule has 11 heteroatoms. The number of hydrogen-bond donors (Lipinski definition) is 2. The lowest BCUT2D eigenvalue weighted by molar-refractivity contribution is 0.0600. The molecule has 1 aromatic heterocycles. The van der Waals surface area contributed by atoms with Gasteiger partial charge in [-0.25, -0.2) is 9.79 Å². The Bertz CT molecular complexity index is 1050. The first-order chi connectivity index (χ1) is 14.4. The van der Waals surface area contributed by atoms with E-state index in [1.807, 2.05) is 0 Å². The molecule has 1 aliphatic heterocycles. The summed E-state index contributed by atoms with van der Waals surface area (Å²) in [6.07, 6.45) is 3.71. The summed E-state index contributed by atoms with van der Waals surface area (Å²) in [7, 11) is 1.22. The number of carbonyl (C=O) groups is 3. The van der Waals surface area contributed by atoms with Crippen molar-refractivity contribution in [3.8, 4) is 0 Å². The van der Waals surface area contributed by atoms with Crippen LogP contribution < -0.4 is 10.6 Å². The molecule has 1 aromatic carbocycles. The molecule has 2 heterocycles. The molecule has 0 saturated heterocycles. The molecule has 1 unspecified atom stereocenters. The highest BCUT2D eigenvalue weighted by atomic mass is 35.5. The van der Waals surface area contributed by atoms with E-state index in [1.54, 1.807) is 6.08 Å². The average Bonchev–Trinajstić information content (AvgIpc) is 2.75. The van der Waals surface area contributed by atoms with E-state index in [2.05, 4.69) is 25.8 Å². The number of anilines is 1. The Kier molecular flexibility index (Phi) is 6.76. The summed E-state index contributed by atoms with van der Waals surface area (Å²) in [5.74, 6) is -1.48. The van der Waals surface area contributed by atoms with Gasteiger partial charge >= 0.3 is 5.97 Å². The topological polar surface area (TPSA) is 123 Å². The Balaban J connectivity index is 1.89. The van der Waals surface area contributed by atoms with Crippen LogP contribution in [-0.2, 0) is 4.74 Å². The zero-order valence-electron chi connectivity index (χ0n) is 15.6. The predicted molar refractivity (Wildman–Crippen MR) is 111 cm³/mol. The monoisotopic (exact) mass is 447 g/mol. The molecule has 9 nitrogen and oxygen atoms in total. The maximum atomic E-state index is 12.8. The number of ether oxygens (including phenoxy) is 1. The molecule has 0 spiro atoms. The number of methoxy groups -OCH3 is 1. The molecule has 2 N–H and O–H groups in total. The molecule has 2 amide bonds. The molecular weight excluding hydrogens is 433 g/mol. The molecule has 30 heavy (non-hydrogen) atoms. The lowest BCUT2D eigenvalue weighted by Gasteiger charge is -2.14. The van der Waals surface area contributed by atoms with E-state index < -0.39 is 17.8 Å². The van der Waals surface area contributed by atoms with Crippen molar-refractivity contribution >= 4 is 52.9 Å². The van der Waals surface area contributed by atoms with E-state index in [0.29, 0.717) is 12.2 Å². The fourth-order valence-electron chi connectivity index (χ4n) is 2.48. The van der Waals surface area contributed by atoms with Crippen LogP contribution in [0, 0.1) is 0 Å². The number of rotatable bonds is 5. The molecule has 0 fully saturated rings. The van der Waals surface area contributed by atoms with Crippen LogP contribution in [0.2, 0.25) is 5.15 Å². The van der Waals surface area contributed by atoms with Gasteiger partial charge in [0.05, 0.1) is 29.3 Å². The summed E-state index contributed by atoms with van der Waals surface area (Å²) >= 11 is 11.6. The SMILES string of the molecule is COC(=O)c1ccc(C(=O)NC2=CCC(Cl)C=N2)c(NC(=O)c2ccc(Cl)nn2)c1. The van der Waals surface area contributed by atoms with Crippen molar-refractivity contribution in [1.29, 1.82) is 0 Å². The number of carbonyl (C=O) groups excluding carboxylic acids is 3. The standard InChI is InChI=1S/C19H15Cl2N5O4/c1-30-19(29)10-2-4-12(17(27)24-16-7-3-11(20)9-22-16)14(8-10)23-18(28)13-5-6-15(21)26-25-13/h2,4-9,11H,3H2,1H3,(H,23,28)(H,24,27). The van der Waals surface area contributed by atoms with Gasteiger partial charge in [-0.05, 0) is 42.8 Å².